The Balaban J connectivity index is 1.99. The van der Waals surface area contributed by atoms with Crippen LogP contribution in [0.15, 0.2) is 24.3 Å². The van der Waals surface area contributed by atoms with Gasteiger partial charge >= 0.3 is 6.03 Å². The average molecular weight is 413 g/mol. The predicted octanol–water partition coefficient (Wildman–Crippen LogP) is 2.81. The van der Waals surface area contributed by atoms with Gasteiger partial charge in [-0.25, -0.2) is 13.2 Å². The summed E-state index contributed by atoms with van der Waals surface area (Å²) in [4.78, 5) is 12.6. The number of nitrogens with one attached hydrogen (secondary N) is 2. The second-order valence-corrected chi connectivity index (χ2v) is 11.1. The van der Waals surface area contributed by atoms with Gasteiger partial charge < -0.3 is 20.5 Å². The number of hydrogen-bond acceptors (Lipinski definition) is 5. The first kappa shape index (κ1) is 22.5. The van der Waals surface area contributed by atoms with E-state index in [1.165, 1.54) is 0 Å². The Labute approximate surface area is 167 Å². The lowest BCUT2D eigenvalue weighted by Crippen LogP contribution is -2.58. The number of amides is 2. The van der Waals surface area contributed by atoms with E-state index in [1.807, 2.05) is 0 Å². The lowest BCUT2D eigenvalue weighted by Gasteiger charge is -2.47. The van der Waals surface area contributed by atoms with Gasteiger partial charge in [0.1, 0.15) is 12.4 Å². The molecule has 2 unspecified atom stereocenters. The third-order valence-corrected chi connectivity index (χ3v) is 5.86. The fourth-order valence-corrected chi connectivity index (χ4v) is 4.76. The molecule has 0 saturated heterocycles. The molecule has 0 spiro atoms. The fraction of sp³-hybridized carbons (Fsp3) is 0.650. The Morgan fingerprint density at radius 3 is 2.64 bits per heavy atom. The lowest BCUT2D eigenvalue weighted by molar-refractivity contribution is 0.0446. The van der Waals surface area contributed by atoms with Crippen molar-refractivity contribution in [1.82, 2.24) is 5.32 Å². The van der Waals surface area contributed by atoms with Crippen molar-refractivity contribution in [3.8, 4) is 5.75 Å². The van der Waals surface area contributed by atoms with Crippen LogP contribution < -0.4 is 15.4 Å². The van der Waals surface area contributed by atoms with Gasteiger partial charge in [0.25, 0.3) is 0 Å². The van der Waals surface area contributed by atoms with Crippen molar-refractivity contribution in [2.24, 2.45) is 11.3 Å². The zero-order valence-electron chi connectivity index (χ0n) is 17.1. The molecule has 2 amide bonds. The molecule has 3 N–H and O–H groups in total. The molecular weight excluding hydrogens is 380 g/mol. The maximum absolute atomic E-state index is 12.6. The normalized spacial score (nSPS) is 24.4. The van der Waals surface area contributed by atoms with Gasteiger partial charge in [-0.05, 0) is 42.7 Å². The van der Waals surface area contributed by atoms with Crippen LogP contribution in [0.5, 0.6) is 5.75 Å². The fourth-order valence-electron chi connectivity index (χ4n) is 4.38. The van der Waals surface area contributed by atoms with Crippen LogP contribution in [0, 0.1) is 11.3 Å². The van der Waals surface area contributed by atoms with Gasteiger partial charge in [0.05, 0.1) is 17.9 Å². The van der Waals surface area contributed by atoms with Crippen molar-refractivity contribution >= 4 is 21.6 Å². The number of benzene rings is 1. The van der Waals surface area contributed by atoms with E-state index in [1.54, 1.807) is 24.3 Å². The molecular formula is C20H32N2O5S. The minimum absolute atomic E-state index is 0.0427. The summed E-state index contributed by atoms with van der Waals surface area (Å²) in [6, 6.07) is 6.40. The molecule has 1 aliphatic carbocycles. The van der Waals surface area contributed by atoms with Crippen molar-refractivity contribution < 1.29 is 23.1 Å². The quantitative estimate of drug-likeness (QED) is 0.639. The summed E-state index contributed by atoms with van der Waals surface area (Å²) in [6.07, 6.45) is 3.66. The number of carbonyl (C=O) groups is 1. The molecule has 0 aromatic heterocycles. The summed E-state index contributed by atoms with van der Waals surface area (Å²) >= 11 is 0. The largest absolute Gasteiger partial charge is 0.492 e. The van der Waals surface area contributed by atoms with Crippen molar-refractivity contribution in [2.45, 2.75) is 45.6 Å². The van der Waals surface area contributed by atoms with Gasteiger partial charge in [-0.1, -0.05) is 26.8 Å². The van der Waals surface area contributed by atoms with Crippen LogP contribution in [0.4, 0.5) is 10.5 Å². The number of aliphatic hydroxyl groups excluding tert-OH is 1. The van der Waals surface area contributed by atoms with Crippen LogP contribution in [0.1, 0.15) is 40.0 Å². The van der Waals surface area contributed by atoms with E-state index in [0.717, 1.165) is 19.1 Å². The van der Waals surface area contributed by atoms with E-state index in [2.05, 4.69) is 31.4 Å². The number of anilines is 1. The first-order chi connectivity index (χ1) is 12.9. The SMILES string of the molecule is CC1CC(C)(C)CC(CO)(NC(=O)Nc2cccc(OCCS(C)(=O)=O)c2)C1. The summed E-state index contributed by atoms with van der Waals surface area (Å²) in [5, 5.41) is 15.8. The van der Waals surface area contributed by atoms with Crippen molar-refractivity contribution in [3.63, 3.8) is 0 Å². The maximum Gasteiger partial charge on any atom is 0.319 e. The summed E-state index contributed by atoms with van der Waals surface area (Å²) in [5.41, 5.74) is -0.0684. The number of sulfone groups is 1. The van der Waals surface area contributed by atoms with Crippen LogP contribution in [0.25, 0.3) is 0 Å². The summed E-state index contributed by atoms with van der Waals surface area (Å²) in [7, 11) is -3.09. The molecule has 7 nitrogen and oxygen atoms in total. The molecule has 0 heterocycles. The Hall–Kier alpha value is -1.80. The third-order valence-electron chi connectivity index (χ3n) is 4.95. The highest BCUT2D eigenvalue weighted by atomic mass is 32.2. The minimum atomic E-state index is -3.09. The number of ether oxygens (including phenoxy) is 1. The second kappa shape index (κ2) is 8.69. The highest BCUT2D eigenvalue weighted by Crippen LogP contribution is 2.43. The van der Waals surface area contributed by atoms with E-state index in [-0.39, 0.29) is 30.4 Å². The van der Waals surface area contributed by atoms with Crippen LogP contribution >= 0.6 is 0 Å². The van der Waals surface area contributed by atoms with Crippen molar-refractivity contribution in [2.75, 3.05) is 30.5 Å². The molecule has 1 saturated carbocycles. The van der Waals surface area contributed by atoms with E-state index in [0.29, 0.717) is 23.8 Å². The number of hydrogen-bond donors (Lipinski definition) is 3. The minimum Gasteiger partial charge on any atom is -0.492 e. The number of carbonyl (C=O) groups excluding carboxylic acids is 1. The van der Waals surface area contributed by atoms with Gasteiger partial charge in [0.15, 0.2) is 9.84 Å². The Morgan fingerprint density at radius 1 is 1.32 bits per heavy atom. The van der Waals surface area contributed by atoms with Gasteiger partial charge in [-0.15, -0.1) is 0 Å². The summed E-state index contributed by atoms with van der Waals surface area (Å²) in [6.45, 7) is 6.40. The molecule has 8 heteroatoms. The third kappa shape index (κ3) is 6.98. The molecule has 1 fully saturated rings. The van der Waals surface area contributed by atoms with Crippen molar-refractivity contribution in [1.29, 1.82) is 0 Å². The highest BCUT2D eigenvalue weighted by Gasteiger charge is 2.43. The van der Waals surface area contributed by atoms with Gasteiger partial charge in [0, 0.05) is 18.0 Å². The lowest BCUT2D eigenvalue weighted by atomic mass is 9.64. The zero-order chi connectivity index (χ0) is 21.0. The topological polar surface area (TPSA) is 105 Å². The molecule has 28 heavy (non-hydrogen) atoms. The molecule has 0 aliphatic heterocycles. The first-order valence-corrected chi connectivity index (χ1v) is 11.6. The molecule has 158 valence electrons. The van der Waals surface area contributed by atoms with E-state index in [9.17, 15) is 18.3 Å². The molecule has 1 aromatic carbocycles. The zero-order valence-corrected chi connectivity index (χ0v) is 17.9. The maximum atomic E-state index is 12.6. The highest BCUT2D eigenvalue weighted by molar-refractivity contribution is 7.90. The van der Waals surface area contributed by atoms with E-state index in [4.69, 9.17) is 4.74 Å². The number of urea groups is 1. The second-order valence-electron chi connectivity index (χ2n) is 8.88. The van der Waals surface area contributed by atoms with Crippen molar-refractivity contribution in [3.05, 3.63) is 24.3 Å². The monoisotopic (exact) mass is 412 g/mol. The van der Waals surface area contributed by atoms with Crippen LogP contribution in [-0.2, 0) is 9.84 Å². The number of rotatable bonds is 7. The molecule has 2 rings (SSSR count). The first-order valence-electron chi connectivity index (χ1n) is 9.53. The smallest absolute Gasteiger partial charge is 0.319 e. The Bertz CT molecular complexity index is 794. The molecule has 1 aliphatic rings. The van der Waals surface area contributed by atoms with E-state index < -0.39 is 15.4 Å². The molecule has 0 bridgehead atoms. The van der Waals surface area contributed by atoms with Gasteiger partial charge in [0.2, 0.25) is 0 Å². The summed E-state index contributed by atoms with van der Waals surface area (Å²) < 4.78 is 27.8. The Morgan fingerprint density at radius 2 is 2.04 bits per heavy atom. The van der Waals surface area contributed by atoms with Crippen LogP contribution in [0.3, 0.4) is 0 Å². The standard InChI is InChI=1S/C20H32N2O5S/c1-15-11-19(2,3)13-20(12-15,14-23)22-18(24)21-16-6-5-7-17(10-16)27-8-9-28(4,25)26/h5-7,10,15,23H,8-9,11-14H2,1-4H3,(H2,21,22,24). The predicted molar refractivity (Wildman–Crippen MR) is 110 cm³/mol. The van der Waals surface area contributed by atoms with Crippen LogP contribution in [-0.4, -0.2) is 50.3 Å². The average Bonchev–Trinajstić information content (AvgIpc) is 2.51. The van der Waals surface area contributed by atoms with Gasteiger partial charge in [-0.3, -0.25) is 0 Å². The van der Waals surface area contributed by atoms with Crippen LogP contribution in [0.2, 0.25) is 0 Å². The van der Waals surface area contributed by atoms with Gasteiger partial charge in [-0.2, -0.15) is 0 Å². The molecule has 1 aromatic rings. The molecule has 0 radical (unpaired) electrons. The number of aliphatic hydroxyl groups is 1. The molecule has 2 atom stereocenters. The van der Waals surface area contributed by atoms with E-state index >= 15 is 0 Å². The summed E-state index contributed by atoms with van der Waals surface area (Å²) in [5.74, 6) is 0.812. The Kier molecular flexibility index (Phi) is 6.98.